The van der Waals surface area contributed by atoms with Gasteiger partial charge < -0.3 is 10.2 Å². The number of nitrogens with one attached hydrogen (secondary N) is 1. The molecule has 2 atom stereocenters. The lowest BCUT2D eigenvalue weighted by molar-refractivity contribution is -0.140. The van der Waals surface area contributed by atoms with Crippen LogP contribution in [0.3, 0.4) is 0 Å². The number of amidine groups is 1. The molecule has 0 aromatic heterocycles. The molecule has 2 aliphatic rings. The van der Waals surface area contributed by atoms with Crippen molar-refractivity contribution in [1.82, 2.24) is 5.32 Å². The highest BCUT2D eigenvalue weighted by Gasteiger charge is 2.60. The molecule has 1 spiro atoms. The number of carbonyl (C=O) groups excluding carboxylic acids is 1. The first-order valence-electron chi connectivity index (χ1n) is 9.73. The number of hydrogen-bond donors (Lipinski definition) is 1. The molecular weight excluding hydrogens is 433 g/mol. The van der Waals surface area contributed by atoms with Crippen molar-refractivity contribution in [3.63, 3.8) is 0 Å². The number of aliphatic imine (C=N–C) groups is 1. The average Bonchev–Trinajstić information content (AvgIpc) is 3.30. The number of aryl methyl sites for hydroxylation is 1. The highest BCUT2D eigenvalue weighted by atomic mass is 35.5. The molecule has 0 fully saturated rings. The van der Waals surface area contributed by atoms with Gasteiger partial charge in [-0.05, 0) is 24.6 Å². The minimum Gasteiger partial charge on any atom is -0.353 e. The van der Waals surface area contributed by atoms with E-state index >= 15 is 0 Å². The normalized spacial score (nSPS) is 22.2. The molecule has 0 aliphatic carbocycles. The zero-order chi connectivity index (χ0) is 21.6. The van der Waals surface area contributed by atoms with E-state index in [-0.39, 0.29) is 5.91 Å². The van der Waals surface area contributed by atoms with E-state index in [1.54, 1.807) is 18.2 Å². The van der Waals surface area contributed by atoms with Crippen LogP contribution in [0.25, 0.3) is 0 Å². The summed E-state index contributed by atoms with van der Waals surface area (Å²) < 4.78 is 0. The Morgan fingerprint density at radius 3 is 2.29 bits per heavy atom. The van der Waals surface area contributed by atoms with Gasteiger partial charge >= 0.3 is 5.72 Å². The van der Waals surface area contributed by atoms with E-state index in [1.807, 2.05) is 61.5 Å². The van der Waals surface area contributed by atoms with Crippen LogP contribution in [-0.2, 0) is 9.63 Å². The Morgan fingerprint density at radius 2 is 1.61 bits per heavy atom. The Hall–Kier alpha value is -3.15. The van der Waals surface area contributed by atoms with Crippen molar-refractivity contribution in [3.05, 3.63) is 105 Å². The van der Waals surface area contributed by atoms with Crippen LogP contribution in [0.15, 0.2) is 82.9 Å². The second-order valence-electron chi connectivity index (χ2n) is 7.49. The minimum atomic E-state index is -1.59. The highest BCUT2D eigenvalue weighted by Crippen LogP contribution is 2.45. The predicted molar refractivity (Wildman–Crippen MR) is 122 cm³/mol. The van der Waals surface area contributed by atoms with Crippen molar-refractivity contribution in [2.24, 2.45) is 10.1 Å². The number of benzene rings is 3. The zero-order valence-electron chi connectivity index (χ0n) is 16.5. The fourth-order valence-corrected chi connectivity index (χ4v) is 4.51. The molecule has 1 N–H and O–H groups in total. The lowest BCUT2D eigenvalue weighted by Gasteiger charge is -2.24. The molecule has 154 valence electrons. The zero-order valence-corrected chi connectivity index (χ0v) is 18.0. The predicted octanol–water partition coefficient (Wildman–Crippen LogP) is 5.09. The molecule has 3 aromatic rings. The lowest BCUT2D eigenvalue weighted by Crippen LogP contribution is -2.45. The van der Waals surface area contributed by atoms with E-state index in [1.165, 1.54) is 0 Å². The molecule has 0 unspecified atom stereocenters. The van der Waals surface area contributed by atoms with Gasteiger partial charge in [0.1, 0.15) is 17.5 Å². The summed E-state index contributed by atoms with van der Waals surface area (Å²) in [5, 5.41) is 8.01. The smallest absolute Gasteiger partial charge is 0.319 e. The van der Waals surface area contributed by atoms with Crippen molar-refractivity contribution >= 4 is 40.7 Å². The summed E-state index contributed by atoms with van der Waals surface area (Å²) >= 11 is 13.0. The van der Waals surface area contributed by atoms with Gasteiger partial charge in [0, 0.05) is 11.1 Å². The number of carbonyl (C=O) groups is 1. The molecule has 5 nitrogen and oxygen atoms in total. The van der Waals surface area contributed by atoms with E-state index in [9.17, 15) is 4.79 Å². The van der Waals surface area contributed by atoms with Crippen LogP contribution in [-0.4, -0.2) is 23.2 Å². The third kappa shape index (κ3) is 3.21. The molecule has 2 aliphatic heterocycles. The van der Waals surface area contributed by atoms with E-state index in [4.69, 9.17) is 33.0 Å². The number of halogens is 2. The second-order valence-corrected chi connectivity index (χ2v) is 8.30. The third-order valence-corrected chi connectivity index (χ3v) is 6.09. The second kappa shape index (κ2) is 7.52. The van der Waals surface area contributed by atoms with Gasteiger partial charge in [0.2, 0.25) is 0 Å². The van der Waals surface area contributed by atoms with Crippen molar-refractivity contribution in [2.75, 3.05) is 0 Å². The molecule has 31 heavy (non-hydrogen) atoms. The standard InChI is InChI=1S/C24H17Cl2N3O2/c1-14-10-12-15(13-11-14)20-21(19-17(25)8-5-9-18(19)26)29-31-24(20)23(30)27-22(28-24)16-6-3-2-4-7-16/h2-13,20H,1H3,(H,27,28,30)/t20-,24-/m1/s1. The molecule has 3 aromatic carbocycles. The fourth-order valence-electron chi connectivity index (χ4n) is 3.92. The van der Waals surface area contributed by atoms with E-state index in [2.05, 4.69) is 10.5 Å². The SMILES string of the molecule is Cc1ccc([C@@H]2C(c3c(Cl)cccc3Cl)=NO[C@]23N=C(c2ccccc2)NC3=O)cc1. The van der Waals surface area contributed by atoms with Crippen LogP contribution in [0.5, 0.6) is 0 Å². The van der Waals surface area contributed by atoms with Gasteiger partial charge in [-0.1, -0.05) is 94.6 Å². The van der Waals surface area contributed by atoms with Crippen molar-refractivity contribution in [1.29, 1.82) is 0 Å². The Morgan fingerprint density at radius 1 is 0.935 bits per heavy atom. The largest absolute Gasteiger partial charge is 0.353 e. The monoisotopic (exact) mass is 449 g/mol. The summed E-state index contributed by atoms with van der Waals surface area (Å²) in [6, 6.07) is 22.5. The topological polar surface area (TPSA) is 63.1 Å². The molecule has 0 saturated heterocycles. The maximum absolute atomic E-state index is 13.3. The van der Waals surface area contributed by atoms with Crippen LogP contribution in [0.4, 0.5) is 0 Å². The summed E-state index contributed by atoms with van der Waals surface area (Å²) in [6.07, 6.45) is 0. The number of hydrogen-bond acceptors (Lipinski definition) is 4. The molecule has 0 bridgehead atoms. The van der Waals surface area contributed by atoms with Gasteiger partial charge in [-0.25, -0.2) is 4.99 Å². The first-order valence-corrected chi connectivity index (χ1v) is 10.5. The number of amides is 1. The van der Waals surface area contributed by atoms with Gasteiger partial charge in [0.25, 0.3) is 5.91 Å². The average molecular weight is 450 g/mol. The summed E-state index contributed by atoms with van der Waals surface area (Å²) in [5.41, 5.74) is 2.11. The lowest BCUT2D eigenvalue weighted by atomic mass is 9.82. The summed E-state index contributed by atoms with van der Waals surface area (Å²) in [4.78, 5) is 23.8. The summed E-state index contributed by atoms with van der Waals surface area (Å²) in [6.45, 7) is 2.00. The molecule has 1 amide bonds. The van der Waals surface area contributed by atoms with E-state index in [0.717, 1.165) is 16.7 Å². The van der Waals surface area contributed by atoms with E-state index < -0.39 is 11.6 Å². The molecule has 0 saturated carbocycles. The van der Waals surface area contributed by atoms with Crippen LogP contribution in [0, 0.1) is 6.92 Å². The van der Waals surface area contributed by atoms with Crippen LogP contribution < -0.4 is 5.32 Å². The number of oxime groups is 1. The third-order valence-electron chi connectivity index (χ3n) is 5.46. The maximum atomic E-state index is 13.3. The van der Waals surface area contributed by atoms with Gasteiger partial charge in [0.05, 0.1) is 10.0 Å². The first-order chi connectivity index (χ1) is 15.0. The Balaban J connectivity index is 1.69. The van der Waals surface area contributed by atoms with Gasteiger partial charge in [-0.2, -0.15) is 0 Å². The number of rotatable bonds is 3. The molecule has 5 rings (SSSR count). The molecular formula is C24H17Cl2N3O2. The Kier molecular flexibility index (Phi) is 4.80. The van der Waals surface area contributed by atoms with E-state index in [0.29, 0.717) is 27.2 Å². The van der Waals surface area contributed by atoms with Crippen molar-refractivity contribution < 1.29 is 9.63 Å². The number of nitrogens with zero attached hydrogens (tertiary/aromatic N) is 2. The van der Waals surface area contributed by atoms with Crippen molar-refractivity contribution in [2.45, 2.75) is 18.6 Å². The Bertz CT molecular complexity index is 1220. The molecule has 2 heterocycles. The van der Waals surface area contributed by atoms with Crippen LogP contribution in [0.2, 0.25) is 10.0 Å². The minimum absolute atomic E-state index is 0.390. The summed E-state index contributed by atoms with van der Waals surface area (Å²) in [7, 11) is 0. The maximum Gasteiger partial charge on any atom is 0.319 e. The highest BCUT2D eigenvalue weighted by molar-refractivity contribution is 6.41. The van der Waals surface area contributed by atoms with Gasteiger partial charge in [-0.3, -0.25) is 4.79 Å². The van der Waals surface area contributed by atoms with Crippen LogP contribution in [0.1, 0.15) is 28.2 Å². The summed E-state index contributed by atoms with van der Waals surface area (Å²) in [5.74, 6) is -0.588. The molecule has 0 radical (unpaired) electrons. The first kappa shape index (κ1) is 19.8. The quantitative estimate of drug-likeness (QED) is 0.604. The van der Waals surface area contributed by atoms with Gasteiger partial charge in [-0.15, -0.1) is 0 Å². The Labute approximate surface area is 189 Å². The van der Waals surface area contributed by atoms with Gasteiger partial charge in [0.15, 0.2) is 0 Å². The molecule has 7 heteroatoms. The fraction of sp³-hybridized carbons (Fsp3) is 0.125. The van der Waals surface area contributed by atoms with Crippen LogP contribution >= 0.6 is 23.2 Å². The van der Waals surface area contributed by atoms with Crippen molar-refractivity contribution in [3.8, 4) is 0 Å².